The Kier molecular flexibility index (Phi) is 4.99. The van der Waals surface area contributed by atoms with E-state index in [4.69, 9.17) is 22.6 Å². The van der Waals surface area contributed by atoms with Crippen molar-refractivity contribution < 1.29 is 4.79 Å². The molecule has 3 heterocycles. The second kappa shape index (κ2) is 7.36. The van der Waals surface area contributed by atoms with Gasteiger partial charge in [0.1, 0.15) is 11.6 Å². The maximum atomic E-state index is 11.0. The Morgan fingerprint density at radius 2 is 2.19 bits per heavy atom. The fraction of sp³-hybridized carbons (Fsp3) is 0.294. The number of nitrogens with zero attached hydrogens (tertiary/aromatic N) is 3. The van der Waals surface area contributed by atoms with Crippen LogP contribution in [-0.2, 0) is 0 Å². The van der Waals surface area contributed by atoms with E-state index in [1.54, 1.807) is 6.07 Å². The van der Waals surface area contributed by atoms with E-state index < -0.39 is 6.03 Å². The van der Waals surface area contributed by atoms with Gasteiger partial charge in [-0.05, 0) is 31.0 Å². The van der Waals surface area contributed by atoms with Crippen LogP contribution in [0, 0.1) is 5.41 Å². The number of nitrogens with two attached hydrogens (primary N) is 3. The zero-order chi connectivity index (χ0) is 18.7. The number of rotatable bonds is 4. The molecule has 8 N–H and O–H groups in total. The minimum atomic E-state index is -0.735. The number of hydrogen-bond donors (Lipinski definition) is 5. The minimum Gasteiger partial charge on any atom is -0.397 e. The van der Waals surface area contributed by atoms with Crippen LogP contribution in [0.3, 0.4) is 0 Å². The Hall–Kier alpha value is -3.20. The molecule has 9 heteroatoms. The number of nitrogen functional groups attached to an aromatic ring is 1. The maximum absolute atomic E-state index is 11.0. The highest BCUT2D eigenvalue weighted by atomic mass is 16.2. The number of nitrogens with one attached hydrogen (secondary N) is 2. The average molecular weight is 354 g/mol. The number of piperidine rings is 1. The van der Waals surface area contributed by atoms with Crippen LogP contribution in [0.25, 0.3) is 0 Å². The van der Waals surface area contributed by atoms with Crippen molar-refractivity contribution in [2.45, 2.75) is 18.9 Å². The topological polar surface area (TPSA) is 160 Å². The molecule has 0 bridgehead atoms. The summed E-state index contributed by atoms with van der Waals surface area (Å²) >= 11 is 0. The van der Waals surface area contributed by atoms with Crippen molar-refractivity contribution in [3.8, 4) is 0 Å². The van der Waals surface area contributed by atoms with Crippen LogP contribution in [0.2, 0.25) is 0 Å². The molecule has 2 amide bonds. The lowest BCUT2D eigenvalue weighted by molar-refractivity contribution is 0.259. The van der Waals surface area contributed by atoms with Crippen LogP contribution < -0.4 is 27.4 Å². The van der Waals surface area contributed by atoms with Crippen molar-refractivity contribution in [1.82, 2.24) is 9.97 Å². The lowest BCUT2D eigenvalue weighted by Gasteiger charge is -2.31. The molecule has 1 saturated heterocycles. The van der Waals surface area contributed by atoms with Crippen molar-refractivity contribution in [3.05, 3.63) is 41.7 Å². The zero-order valence-electron chi connectivity index (χ0n) is 14.3. The van der Waals surface area contributed by atoms with Crippen LogP contribution in [-0.4, -0.2) is 40.8 Å². The summed E-state index contributed by atoms with van der Waals surface area (Å²) in [6, 6.07) is 6.41. The first kappa shape index (κ1) is 17.6. The molecule has 136 valence electrons. The largest absolute Gasteiger partial charge is 0.397 e. The first-order valence-corrected chi connectivity index (χ1v) is 8.33. The molecular formula is C17H22N8O. The van der Waals surface area contributed by atoms with Gasteiger partial charge < -0.3 is 22.1 Å². The first-order valence-electron chi connectivity index (χ1n) is 8.33. The molecule has 1 fully saturated rings. The predicted molar refractivity (Wildman–Crippen MR) is 101 cm³/mol. The number of amides is 2. The Labute approximate surface area is 151 Å². The molecule has 9 nitrogen and oxygen atoms in total. The standard InChI is InChI=1S/C17H22N8O/c18-10-3-2-6-25(9-10)15-5-1-4-13(23-15)16(20)11-7-14(24-17(21)26)22-8-12(11)19/h1,4-5,7-8,10,20H,2-3,6,9,18-19H2,(H3,21,22,24,26). The van der Waals surface area contributed by atoms with Gasteiger partial charge in [-0.15, -0.1) is 0 Å². The summed E-state index contributed by atoms with van der Waals surface area (Å²) in [5, 5.41) is 10.9. The molecule has 3 rings (SSSR count). The Morgan fingerprint density at radius 3 is 2.92 bits per heavy atom. The SMILES string of the molecule is N=C(c1cccc(N2CCCC(N)C2)n1)c1cc(NC(N)=O)ncc1N. The number of pyridine rings is 2. The lowest BCUT2D eigenvalue weighted by Crippen LogP contribution is -2.43. The number of urea groups is 1. The number of hydrogen-bond acceptors (Lipinski definition) is 7. The van der Waals surface area contributed by atoms with Crippen molar-refractivity contribution >= 4 is 29.1 Å². The van der Waals surface area contributed by atoms with E-state index in [0.29, 0.717) is 16.9 Å². The van der Waals surface area contributed by atoms with E-state index in [1.165, 1.54) is 12.3 Å². The number of carbonyl (C=O) groups is 1. The van der Waals surface area contributed by atoms with Crippen molar-refractivity contribution in [2.24, 2.45) is 11.5 Å². The third-order valence-corrected chi connectivity index (χ3v) is 4.23. The van der Waals surface area contributed by atoms with Crippen molar-refractivity contribution in [1.29, 1.82) is 5.41 Å². The van der Waals surface area contributed by atoms with Gasteiger partial charge in [-0.1, -0.05) is 6.07 Å². The Bertz CT molecular complexity index is 837. The van der Waals surface area contributed by atoms with Crippen LogP contribution in [0.1, 0.15) is 24.1 Å². The summed E-state index contributed by atoms with van der Waals surface area (Å²) in [6.45, 7) is 1.63. The number of primary amides is 1. The fourth-order valence-electron chi connectivity index (χ4n) is 2.97. The molecule has 1 aliphatic rings. The highest BCUT2D eigenvalue weighted by Gasteiger charge is 2.19. The quantitative estimate of drug-likeness (QED) is 0.512. The van der Waals surface area contributed by atoms with Gasteiger partial charge in [0.05, 0.1) is 23.3 Å². The van der Waals surface area contributed by atoms with Gasteiger partial charge in [-0.2, -0.15) is 0 Å². The molecule has 0 aliphatic carbocycles. The zero-order valence-corrected chi connectivity index (χ0v) is 14.3. The van der Waals surface area contributed by atoms with Crippen molar-refractivity contribution in [2.75, 3.05) is 29.0 Å². The van der Waals surface area contributed by atoms with Crippen LogP contribution in [0.5, 0.6) is 0 Å². The van der Waals surface area contributed by atoms with Gasteiger partial charge in [-0.25, -0.2) is 14.8 Å². The summed E-state index contributed by atoms with van der Waals surface area (Å²) in [6.07, 6.45) is 3.40. The molecule has 0 spiro atoms. The van der Waals surface area contributed by atoms with Crippen LogP contribution in [0.4, 0.5) is 22.1 Å². The summed E-state index contributed by atoms with van der Waals surface area (Å²) in [5.74, 6) is 1.01. The first-order chi connectivity index (χ1) is 12.4. The van der Waals surface area contributed by atoms with Gasteiger partial charge in [0.15, 0.2) is 0 Å². The number of anilines is 3. The van der Waals surface area contributed by atoms with E-state index >= 15 is 0 Å². The van der Waals surface area contributed by atoms with Gasteiger partial charge >= 0.3 is 6.03 Å². The smallest absolute Gasteiger partial charge is 0.317 e. The normalized spacial score (nSPS) is 17.0. The molecule has 1 unspecified atom stereocenters. The molecule has 2 aromatic rings. The van der Waals surface area contributed by atoms with Gasteiger partial charge in [0.25, 0.3) is 0 Å². The van der Waals surface area contributed by atoms with E-state index in [0.717, 1.165) is 31.7 Å². The summed E-state index contributed by atoms with van der Waals surface area (Å²) in [7, 11) is 0. The average Bonchev–Trinajstić information content (AvgIpc) is 2.62. The maximum Gasteiger partial charge on any atom is 0.317 e. The summed E-state index contributed by atoms with van der Waals surface area (Å²) < 4.78 is 0. The number of carbonyl (C=O) groups excluding carboxylic acids is 1. The van der Waals surface area contributed by atoms with Gasteiger partial charge in [0, 0.05) is 24.7 Å². The van der Waals surface area contributed by atoms with E-state index in [2.05, 4.69) is 20.2 Å². The Balaban J connectivity index is 1.88. The van der Waals surface area contributed by atoms with E-state index in [9.17, 15) is 4.79 Å². The second-order valence-corrected chi connectivity index (χ2v) is 6.25. The predicted octanol–water partition coefficient (Wildman–Crippen LogP) is 0.893. The van der Waals surface area contributed by atoms with E-state index in [1.807, 2.05) is 12.1 Å². The molecule has 1 aliphatic heterocycles. The molecular weight excluding hydrogens is 332 g/mol. The molecule has 26 heavy (non-hydrogen) atoms. The van der Waals surface area contributed by atoms with Crippen molar-refractivity contribution in [3.63, 3.8) is 0 Å². The van der Waals surface area contributed by atoms with Crippen LogP contribution >= 0.6 is 0 Å². The molecule has 2 aromatic heterocycles. The highest BCUT2D eigenvalue weighted by Crippen LogP contribution is 2.21. The van der Waals surface area contributed by atoms with Gasteiger partial charge in [-0.3, -0.25) is 10.7 Å². The monoisotopic (exact) mass is 354 g/mol. The second-order valence-electron chi connectivity index (χ2n) is 6.25. The minimum absolute atomic E-state index is 0.131. The summed E-state index contributed by atoms with van der Waals surface area (Å²) in [4.78, 5) is 21.7. The fourth-order valence-corrected chi connectivity index (χ4v) is 2.97. The summed E-state index contributed by atoms with van der Waals surface area (Å²) in [5.41, 5.74) is 18.5. The molecule has 0 saturated carbocycles. The van der Waals surface area contributed by atoms with Crippen LogP contribution in [0.15, 0.2) is 30.5 Å². The molecule has 0 aromatic carbocycles. The molecule has 0 radical (unpaired) electrons. The lowest BCUT2D eigenvalue weighted by atomic mass is 10.1. The van der Waals surface area contributed by atoms with E-state index in [-0.39, 0.29) is 17.6 Å². The third-order valence-electron chi connectivity index (χ3n) is 4.23. The third kappa shape index (κ3) is 3.89. The van der Waals surface area contributed by atoms with Gasteiger partial charge in [0.2, 0.25) is 0 Å². The number of aromatic nitrogens is 2. The molecule has 1 atom stereocenters. The highest BCUT2D eigenvalue weighted by molar-refractivity contribution is 6.13. The Morgan fingerprint density at radius 1 is 1.38 bits per heavy atom.